The third-order valence-corrected chi connectivity index (χ3v) is 1.72. The molecule has 1 amide bonds. The maximum Gasteiger partial charge on any atom is 0.423 e. The molecule has 0 aliphatic carbocycles. The van der Waals surface area contributed by atoms with Gasteiger partial charge in [0.2, 0.25) is 0 Å². The number of nitrogens with one attached hydrogen (secondary N) is 1. The lowest BCUT2D eigenvalue weighted by Gasteiger charge is -2.02. The fraction of sp³-hybridized carbons (Fsp3) is 0.125. The van der Waals surface area contributed by atoms with E-state index in [0.29, 0.717) is 0 Å². The van der Waals surface area contributed by atoms with Crippen molar-refractivity contribution in [2.45, 2.75) is 6.54 Å². The molecule has 1 unspecified atom stereocenters. The molecule has 0 heterocycles. The van der Waals surface area contributed by atoms with Gasteiger partial charge in [0.15, 0.2) is 0 Å². The van der Waals surface area contributed by atoms with Gasteiger partial charge in [-0.2, -0.15) is 4.21 Å². The first-order valence-corrected chi connectivity index (χ1v) is 4.82. The fourth-order valence-corrected chi connectivity index (χ4v) is 1.05. The van der Waals surface area contributed by atoms with E-state index in [1.54, 1.807) is 0 Å². The van der Waals surface area contributed by atoms with Gasteiger partial charge < -0.3 is 9.50 Å². The van der Waals surface area contributed by atoms with Crippen LogP contribution in [0.4, 0.5) is 4.79 Å². The molecule has 1 aromatic rings. The first kappa shape index (κ1) is 10.7. The standard InChI is InChI=1S/C8H9NO4S/c10-8(13-14(11)12)9-6-7-4-2-1-3-5-7/h1-5H,6H2,(H,9,10)(H,11,12). The average Bonchev–Trinajstić information content (AvgIpc) is 2.15. The quantitative estimate of drug-likeness (QED) is 0.739. The minimum absolute atomic E-state index is 0.261. The topological polar surface area (TPSA) is 75.6 Å². The smallest absolute Gasteiger partial charge is 0.326 e. The summed E-state index contributed by atoms with van der Waals surface area (Å²) in [6.45, 7) is 0.261. The summed E-state index contributed by atoms with van der Waals surface area (Å²) in [4.78, 5) is 10.7. The Balaban J connectivity index is 2.34. The average molecular weight is 215 g/mol. The SMILES string of the molecule is O=C(NCc1ccccc1)OS(=O)O. The van der Waals surface area contributed by atoms with E-state index >= 15 is 0 Å². The summed E-state index contributed by atoms with van der Waals surface area (Å²) in [7, 11) is 0. The number of rotatable bonds is 3. The second-order valence-corrected chi connectivity index (χ2v) is 3.03. The normalized spacial score (nSPS) is 11.8. The van der Waals surface area contributed by atoms with Gasteiger partial charge >= 0.3 is 17.5 Å². The third kappa shape index (κ3) is 4.01. The molecule has 14 heavy (non-hydrogen) atoms. The van der Waals surface area contributed by atoms with Crippen LogP contribution in [-0.4, -0.2) is 14.9 Å². The second-order valence-electron chi connectivity index (χ2n) is 2.43. The van der Waals surface area contributed by atoms with Gasteiger partial charge in [0.1, 0.15) is 0 Å². The molecule has 1 rings (SSSR count). The number of hydrogen-bond acceptors (Lipinski definition) is 3. The van der Waals surface area contributed by atoms with Crippen molar-refractivity contribution >= 4 is 17.5 Å². The van der Waals surface area contributed by atoms with Gasteiger partial charge in [-0.25, -0.2) is 4.79 Å². The van der Waals surface area contributed by atoms with Crippen LogP contribution in [0.25, 0.3) is 0 Å². The molecule has 5 nitrogen and oxygen atoms in total. The van der Waals surface area contributed by atoms with Gasteiger partial charge in [-0.15, -0.1) is 0 Å². The van der Waals surface area contributed by atoms with Crippen LogP contribution in [0.2, 0.25) is 0 Å². The second kappa shape index (κ2) is 5.36. The highest BCUT2D eigenvalue weighted by Crippen LogP contribution is 1.97. The molecule has 0 aliphatic heterocycles. The van der Waals surface area contributed by atoms with Crippen LogP contribution in [-0.2, 0) is 22.1 Å². The maximum atomic E-state index is 10.7. The lowest BCUT2D eigenvalue weighted by Crippen LogP contribution is -2.24. The molecule has 0 bridgehead atoms. The molecule has 1 aromatic carbocycles. The molecule has 1 atom stereocenters. The Labute approximate surface area is 83.6 Å². The Hall–Kier alpha value is -1.40. The van der Waals surface area contributed by atoms with Crippen LogP contribution in [0.15, 0.2) is 30.3 Å². The predicted octanol–water partition coefficient (Wildman–Crippen LogP) is 1.05. The van der Waals surface area contributed by atoms with E-state index in [2.05, 4.69) is 9.50 Å². The molecule has 0 aliphatic rings. The van der Waals surface area contributed by atoms with Crippen LogP contribution < -0.4 is 5.32 Å². The molecule has 0 saturated heterocycles. The molecule has 0 spiro atoms. The largest absolute Gasteiger partial charge is 0.423 e. The van der Waals surface area contributed by atoms with Crippen molar-refractivity contribution in [1.29, 1.82) is 0 Å². The summed E-state index contributed by atoms with van der Waals surface area (Å²) in [5.41, 5.74) is 0.883. The van der Waals surface area contributed by atoms with Gasteiger partial charge in [0.25, 0.3) is 0 Å². The van der Waals surface area contributed by atoms with Gasteiger partial charge in [-0.1, -0.05) is 30.3 Å². The zero-order chi connectivity index (χ0) is 10.4. The van der Waals surface area contributed by atoms with E-state index in [4.69, 9.17) is 4.55 Å². The van der Waals surface area contributed by atoms with Crippen LogP contribution in [0, 0.1) is 0 Å². The summed E-state index contributed by atoms with van der Waals surface area (Å²) < 4.78 is 22.2. The summed E-state index contributed by atoms with van der Waals surface area (Å²) >= 11 is -2.57. The van der Waals surface area contributed by atoms with Gasteiger partial charge in [-0.05, 0) is 5.56 Å². The number of hydrogen-bond donors (Lipinski definition) is 2. The van der Waals surface area contributed by atoms with Crippen molar-refractivity contribution in [3.8, 4) is 0 Å². The summed E-state index contributed by atoms with van der Waals surface area (Å²) in [6, 6.07) is 9.13. The highest BCUT2D eigenvalue weighted by atomic mass is 32.2. The summed E-state index contributed by atoms with van der Waals surface area (Å²) in [5.74, 6) is 0. The van der Waals surface area contributed by atoms with E-state index in [1.165, 1.54) is 0 Å². The number of benzene rings is 1. The Morgan fingerprint density at radius 1 is 1.43 bits per heavy atom. The van der Waals surface area contributed by atoms with Crippen molar-refractivity contribution in [2.24, 2.45) is 0 Å². The van der Waals surface area contributed by atoms with Crippen molar-refractivity contribution < 1.29 is 17.7 Å². The number of amides is 1. The van der Waals surface area contributed by atoms with Crippen LogP contribution >= 0.6 is 0 Å². The van der Waals surface area contributed by atoms with Crippen LogP contribution in [0.1, 0.15) is 5.56 Å². The van der Waals surface area contributed by atoms with Crippen molar-refractivity contribution in [2.75, 3.05) is 0 Å². The Morgan fingerprint density at radius 3 is 2.64 bits per heavy atom. The van der Waals surface area contributed by atoms with E-state index < -0.39 is 17.5 Å². The van der Waals surface area contributed by atoms with Crippen molar-refractivity contribution in [3.05, 3.63) is 35.9 Å². The van der Waals surface area contributed by atoms with Gasteiger partial charge in [-0.3, -0.25) is 4.55 Å². The summed E-state index contributed by atoms with van der Waals surface area (Å²) in [6.07, 6.45) is -0.922. The summed E-state index contributed by atoms with van der Waals surface area (Å²) in [5, 5.41) is 2.32. The lowest BCUT2D eigenvalue weighted by atomic mass is 10.2. The first-order valence-electron chi connectivity index (χ1n) is 3.79. The number of carbonyl (C=O) groups excluding carboxylic acids is 1. The van der Waals surface area contributed by atoms with Gasteiger partial charge in [0, 0.05) is 6.54 Å². The molecule has 6 heteroatoms. The Morgan fingerprint density at radius 2 is 2.07 bits per heavy atom. The minimum atomic E-state index is -2.57. The monoisotopic (exact) mass is 215 g/mol. The fourth-order valence-electron chi connectivity index (χ4n) is 0.864. The highest BCUT2D eigenvalue weighted by Gasteiger charge is 2.04. The van der Waals surface area contributed by atoms with Gasteiger partial charge in [0.05, 0.1) is 0 Å². The zero-order valence-corrected chi connectivity index (χ0v) is 7.99. The Bertz CT molecular complexity index is 327. The molecule has 0 aromatic heterocycles. The van der Waals surface area contributed by atoms with E-state index in [9.17, 15) is 9.00 Å². The third-order valence-electron chi connectivity index (χ3n) is 1.43. The highest BCUT2D eigenvalue weighted by molar-refractivity contribution is 7.74. The van der Waals surface area contributed by atoms with E-state index in [1.807, 2.05) is 30.3 Å². The van der Waals surface area contributed by atoms with E-state index in [-0.39, 0.29) is 6.54 Å². The first-order chi connectivity index (χ1) is 6.68. The van der Waals surface area contributed by atoms with Crippen molar-refractivity contribution in [3.63, 3.8) is 0 Å². The number of carbonyl (C=O) groups is 1. The molecule has 76 valence electrons. The minimum Gasteiger partial charge on any atom is -0.326 e. The zero-order valence-electron chi connectivity index (χ0n) is 7.17. The predicted molar refractivity (Wildman–Crippen MR) is 50.5 cm³/mol. The Kier molecular flexibility index (Phi) is 4.09. The van der Waals surface area contributed by atoms with Crippen molar-refractivity contribution in [1.82, 2.24) is 5.32 Å². The molecule has 2 N–H and O–H groups in total. The molecule has 0 radical (unpaired) electrons. The molecular weight excluding hydrogens is 206 g/mol. The van der Waals surface area contributed by atoms with Crippen LogP contribution in [0.3, 0.4) is 0 Å². The molecule has 0 saturated carbocycles. The molecular formula is C8H9NO4S. The lowest BCUT2D eigenvalue weighted by molar-refractivity contribution is 0.201. The van der Waals surface area contributed by atoms with Crippen LogP contribution in [0.5, 0.6) is 0 Å². The molecule has 0 fully saturated rings. The maximum absolute atomic E-state index is 10.7. The van der Waals surface area contributed by atoms with E-state index in [0.717, 1.165) is 5.56 Å².